The third kappa shape index (κ3) is 6.49. The molecule has 15 nitrogen and oxygen atoms in total. The van der Waals surface area contributed by atoms with Crippen molar-refractivity contribution in [3.8, 4) is 0 Å². The van der Waals surface area contributed by atoms with Crippen molar-refractivity contribution in [3.63, 3.8) is 0 Å². The first-order valence-corrected chi connectivity index (χ1v) is 13.8. The summed E-state index contributed by atoms with van der Waals surface area (Å²) in [5.74, 6) is -1.98. The number of esters is 1. The van der Waals surface area contributed by atoms with E-state index in [2.05, 4.69) is 0 Å². The highest BCUT2D eigenvalue weighted by Gasteiger charge is 2.52. The molecule has 0 saturated carbocycles. The molecule has 4 aliphatic rings. The molecule has 1 aromatic rings. The van der Waals surface area contributed by atoms with Crippen molar-refractivity contribution >= 4 is 5.97 Å². The number of carbonyl (C=O) groups excluding carboxylic acids is 1. The fourth-order valence-corrected chi connectivity index (χ4v) is 5.61. The molecule has 0 spiro atoms. The SMILES string of the molecule is O=C(OCC1=C[C@@H](O[C@@H]2O[C@H](CO)[C@@H](O)[C@H](O)[C@H]2O)[C@@H]2C=CO[C@@H](O[C@@H]3O[C@H](CO)[C@@H](O)[C@H](O)[C@H]3O)[C@H]12)c1ccccc1. The number of aliphatic hydroxyl groups is 8. The summed E-state index contributed by atoms with van der Waals surface area (Å²) in [5, 5.41) is 80.8. The van der Waals surface area contributed by atoms with Gasteiger partial charge in [0.1, 0.15) is 55.4 Å². The molecule has 15 heteroatoms. The molecule has 3 heterocycles. The lowest BCUT2D eigenvalue weighted by atomic mass is 9.88. The molecule has 0 amide bonds. The van der Waals surface area contributed by atoms with Gasteiger partial charge in [-0.1, -0.05) is 24.3 Å². The summed E-state index contributed by atoms with van der Waals surface area (Å²) < 4.78 is 34.1. The quantitative estimate of drug-likeness (QED) is 0.102. The summed E-state index contributed by atoms with van der Waals surface area (Å²) in [7, 11) is 0. The number of fused-ring (bicyclic) bond motifs is 1. The zero-order valence-corrected chi connectivity index (χ0v) is 22.8. The van der Waals surface area contributed by atoms with E-state index in [1.807, 2.05) is 0 Å². The topological polar surface area (TPSA) is 234 Å². The number of benzene rings is 1. The Morgan fingerprint density at radius 3 is 1.91 bits per heavy atom. The molecule has 1 aliphatic carbocycles. The molecule has 43 heavy (non-hydrogen) atoms. The van der Waals surface area contributed by atoms with E-state index in [1.165, 1.54) is 6.26 Å². The van der Waals surface area contributed by atoms with Crippen molar-refractivity contribution in [2.24, 2.45) is 11.8 Å². The third-order valence-corrected chi connectivity index (χ3v) is 8.04. The van der Waals surface area contributed by atoms with Crippen LogP contribution in [0, 0.1) is 11.8 Å². The van der Waals surface area contributed by atoms with E-state index in [4.69, 9.17) is 28.4 Å². The van der Waals surface area contributed by atoms with Gasteiger partial charge in [0.15, 0.2) is 12.6 Å². The Balaban J connectivity index is 1.37. The first-order chi connectivity index (χ1) is 20.6. The van der Waals surface area contributed by atoms with Gasteiger partial charge in [0.25, 0.3) is 0 Å². The van der Waals surface area contributed by atoms with Gasteiger partial charge >= 0.3 is 5.97 Å². The molecule has 0 aromatic heterocycles. The second-order valence-electron chi connectivity index (χ2n) is 10.8. The summed E-state index contributed by atoms with van der Waals surface area (Å²) in [6.45, 7) is -1.58. The van der Waals surface area contributed by atoms with Crippen LogP contribution in [-0.4, -0.2) is 140 Å². The smallest absolute Gasteiger partial charge is 0.338 e. The van der Waals surface area contributed by atoms with E-state index in [0.717, 1.165) is 0 Å². The van der Waals surface area contributed by atoms with Gasteiger partial charge in [-0.05, 0) is 23.8 Å². The Hall–Kier alpha value is -2.51. The van der Waals surface area contributed by atoms with Gasteiger partial charge in [-0.3, -0.25) is 0 Å². The van der Waals surface area contributed by atoms with Crippen molar-refractivity contribution in [2.45, 2.75) is 73.8 Å². The number of aliphatic hydroxyl groups excluding tert-OH is 8. The minimum atomic E-state index is -1.71. The van der Waals surface area contributed by atoms with Crippen LogP contribution in [-0.2, 0) is 28.4 Å². The summed E-state index contributed by atoms with van der Waals surface area (Å²) >= 11 is 0. The number of hydrogen-bond acceptors (Lipinski definition) is 15. The normalized spacial score (nSPS) is 42.6. The van der Waals surface area contributed by atoms with Crippen molar-refractivity contribution in [2.75, 3.05) is 19.8 Å². The van der Waals surface area contributed by atoms with Crippen LogP contribution in [0.2, 0.25) is 0 Å². The van der Waals surface area contributed by atoms with Crippen LogP contribution in [0.3, 0.4) is 0 Å². The molecular formula is C28H36O15. The van der Waals surface area contributed by atoms with Crippen LogP contribution in [0.25, 0.3) is 0 Å². The molecular weight excluding hydrogens is 576 g/mol. The van der Waals surface area contributed by atoms with Gasteiger partial charge in [0.2, 0.25) is 6.29 Å². The Kier molecular flexibility index (Phi) is 10.1. The highest BCUT2D eigenvalue weighted by Crippen LogP contribution is 2.43. The molecule has 14 atom stereocenters. The Morgan fingerprint density at radius 1 is 0.744 bits per heavy atom. The van der Waals surface area contributed by atoms with Crippen LogP contribution in [0.1, 0.15) is 10.4 Å². The number of rotatable bonds is 9. The van der Waals surface area contributed by atoms with Crippen LogP contribution >= 0.6 is 0 Å². The maximum Gasteiger partial charge on any atom is 0.338 e. The molecule has 2 saturated heterocycles. The number of ether oxygens (including phenoxy) is 6. The lowest BCUT2D eigenvalue weighted by Crippen LogP contribution is -2.60. The van der Waals surface area contributed by atoms with Gasteiger partial charge in [-0.15, -0.1) is 0 Å². The second kappa shape index (κ2) is 13.6. The summed E-state index contributed by atoms with van der Waals surface area (Å²) in [6, 6.07) is 8.26. The predicted molar refractivity (Wildman–Crippen MR) is 139 cm³/mol. The Labute approximate surface area is 245 Å². The molecule has 8 N–H and O–H groups in total. The van der Waals surface area contributed by atoms with Crippen molar-refractivity contribution in [3.05, 3.63) is 59.9 Å². The third-order valence-electron chi connectivity index (χ3n) is 8.04. The molecule has 0 bridgehead atoms. The lowest BCUT2D eigenvalue weighted by molar-refractivity contribution is -0.341. The van der Waals surface area contributed by atoms with E-state index in [9.17, 15) is 45.6 Å². The fraction of sp³-hybridized carbons (Fsp3) is 0.607. The van der Waals surface area contributed by atoms with E-state index in [-0.39, 0.29) is 6.61 Å². The molecule has 0 unspecified atom stereocenters. The van der Waals surface area contributed by atoms with Gasteiger partial charge in [0, 0.05) is 5.92 Å². The van der Waals surface area contributed by atoms with Crippen LogP contribution < -0.4 is 0 Å². The van der Waals surface area contributed by atoms with Gasteiger partial charge < -0.3 is 69.3 Å². The largest absolute Gasteiger partial charge is 0.472 e. The van der Waals surface area contributed by atoms with Crippen molar-refractivity contribution < 1.29 is 74.1 Å². The molecule has 1 aromatic carbocycles. The van der Waals surface area contributed by atoms with E-state index >= 15 is 0 Å². The van der Waals surface area contributed by atoms with Crippen molar-refractivity contribution in [1.29, 1.82) is 0 Å². The summed E-state index contributed by atoms with van der Waals surface area (Å²) in [5.41, 5.74) is 0.753. The fourth-order valence-electron chi connectivity index (χ4n) is 5.61. The van der Waals surface area contributed by atoms with Crippen LogP contribution in [0.4, 0.5) is 0 Å². The maximum atomic E-state index is 12.7. The first kappa shape index (κ1) is 31.9. The number of carbonyl (C=O) groups is 1. The average Bonchev–Trinajstić information content (AvgIpc) is 3.38. The minimum absolute atomic E-state index is 0.255. The van der Waals surface area contributed by atoms with E-state index < -0.39 is 105 Å². The second-order valence-corrected chi connectivity index (χ2v) is 10.8. The summed E-state index contributed by atoms with van der Waals surface area (Å²) in [6.07, 6.45) is -13.0. The highest BCUT2D eigenvalue weighted by atomic mass is 16.8. The zero-order chi connectivity index (χ0) is 30.8. The first-order valence-electron chi connectivity index (χ1n) is 13.8. The monoisotopic (exact) mass is 612 g/mol. The average molecular weight is 613 g/mol. The standard InChI is InChI=1S/C28H36O15/c29-9-16-19(31)21(33)23(35)27(41-16)40-15-8-13(11-39-25(37)12-4-2-1-3-5-12)18-14(15)6-7-38-26(18)43-28-24(36)22(34)20(32)17(10-30)42-28/h1-8,14-24,26-36H,9-11H2/t14-,15+,16+,17+,18+,19+,20+,21-,22-,23+,24+,26-,27+,28-/m0/s1. The van der Waals surface area contributed by atoms with E-state index in [1.54, 1.807) is 42.5 Å². The van der Waals surface area contributed by atoms with Crippen LogP contribution in [0.15, 0.2) is 54.3 Å². The van der Waals surface area contributed by atoms with Gasteiger partial charge in [0.05, 0.1) is 37.1 Å². The molecule has 0 radical (unpaired) electrons. The Bertz CT molecular complexity index is 1140. The lowest BCUT2D eigenvalue weighted by Gasteiger charge is -2.43. The molecule has 3 aliphatic heterocycles. The predicted octanol–water partition coefficient (Wildman–Crippen LogP) is -3.11. The van der Waals surface area contributed by atoms with Gasteiger partial charge in [-0.25, -0.2) is 4.79 Å². The highest BCUT2D eigenvalue weighted by molar-refractivity contribution is 5.89. The van der Waals surface area contributed by atoms with Gasteiger partial charge in [-0.2, -0.15) is 0 Å². The molecule has 5 rings (SSSR count). The van der Waals surface area contributed by atoms with Crippen molar-refractivity contribution in [1.82, 2.24) is 0 Å². The zero-order valence-electron chi connectivity index (χ0n) is 22.8. The Morgan fingerprint density at radius 2 is 1.33 bits per heavy atom. The maximum absolute atomic E-state index is 12.7. The summed E-state index contributed by atoms with van der Waals surface area (Å²) in [4.78, 5) is 12.7. The minimum Gasteiger partial charge on any atom is -0.472 e. The van der Waals surface area contributed by atoms with E-state index in [0.29, 0.717) is 11.1 Å². The number of hydrogen-bond donors (Lipinski definition) is 8. The molecule has 238 valence electrons. The molecule has 2 fully saturated rings. The van der Waals surface area contributed by atoms with Crippen LogP contribution in [0.5, 0.6) is 0 Å².